The van der Waals surface area contributed by atoms with Crippen molar-refractivity contribution in [3.8, 4) is 6.07 Å². The molecule has 0 radical (unpaired) electrons. The van der Waals surface area contributed by atoms with Crippen LogP contribution in [0.4, 0.5) is 26.4 Å². The number of nitriles is 1. The number of halogens is 2. The average molecular weight is 650 g/mol. The van der Waals surface area contributed by atoms with Crippen LogP contribution in [-0.2, 0) is 14.8 Å². The van der Waals surface area contributed by atoms with Gasteiger partial charge in [-0.05, 0) is 69.7 Å². The number of hydrogen-bond donors (Lipinski definition) is 3. The predicted octanol–water partition coefficient (Wildman–Crippen LogP) is 4.51. The molecule has 0 spiro atoms. The fourth-order valence-electron chi connectivity index (χ4n) is 6.20. The van der Waals surface area contributed by atoms with E-state index in [2.05, 4.69) is 20.6 Å². The van der Waals surface area contributed by atoms with E-state index in [-0.39, 0.29) is 52.8 Å². The van der Waals surface area contributed by atoms with Gasteiger partial charge in [0.05, 0.1) is 22.7 Å². The molecule has 2 fully saturated rings. The Hall–Kier alpha value is -4.68. The van der Waals surface area contributed by atoms with Crippen LogP contribution in [0.3, 0.4) is 0 Å². The summed E-state index contributed by atoms with van der Waals surface area (Å²) < 4.78 is 59.7. The summed E-state index contributed by atoms with van der Waals surface area (Å²) in [6.45, 7) is 2.51. The number of hydrogen-bond acceptors (Lipinski definition) is 9. The summed E-state index contributed by atoms with van der Waals surface area (Å²) in [5, 5.41) is 15.1. The van der Waals surface area contributed by atoms with Crippen LogP contribution in [0.15, 0.2) is 47.5 Å². The van der Waals surface area contributed by atoms with E-state index in [1.807, 2.05) is 6.92 Å². The van der Waals surface area contributed by atoms with Crippen molar-refractivity contribution in [2.75, 3.05) is 23.7 Å². The van der Waals surface area contributed by atoms with Crippen LogP contribution in [0.2, 0.25) is 0 Å². The molecule has 1 unspecified atom stereocenters. The topological polar surface area (TPSA) is 172 Å². The minimum Gasteiger partial charge on any atom is -0.369 e. The number of rotatable bonds is 8. The fourth-order valence-corrected chi connectivity index (χ4v) is 7.73. The highest BCUT2D eigenvalue weighted by molar-refractivity contribution is 7.89. The molecule has 46 heavy (non-hydrogen) atoms. The molecule has 4 aromatic rings. The highest BCUT2D eigenvalue weighted by atomic mass is 32.2. The summed E-state index contributed by atoms with van der Waals surface area (Å²) >= 11 is 0. The Morgan fingerprint density at radius 3 is 2.41 bits per heavy atom. The molecule has 0 bridgehead atoms. The maximum Gasteiger partial charge on any atom is 0.243 e. The van der Waals surface area contributed by atoms with Crippen LogP contribution < -0.4 is 16.4 Å². The van der Waals surface area contributed by atoms with Crippen molar-refractivity contribution in [3.63, 3.8) is 0 Å². The van der Waals surface area contributed by atoms with E-state index >= 15 is 0 Å². The number of aromatic nitrogens is 4. The molecule has 15 heteroatoms. The molecule has 1 aliphatic carbocycles. The molecule has 240 valence electrons. The van der Waals surface area contributed by atoms with E-state index in [0.29, 0.717) is 56.2 Å². The average Bonchev–Trinajstić information content (AvgIpc) is 3.40. The van der Waals surface area contributed by atoms with E-state index in [9.17, 15) is 22.0 Å². The number of nitrogens with two attached hydrogens (primary N) is 1. The number of aryl methyl sites for hydroxylation is 1. The number of amides is 1. The third-order valence-electron chi connectivity index (χ3n) is 8.68. The number of nitrogens with one attached hydrogen (secondary N) is 2. The highest BCUT2D eigenvalue weighted by Crippen LogP contribution is 2.37. The Morgan fingerprint density at radius 1 is 1.07 bits per heavy atom. The first-order valence-electron chi connectivity index (χ1n) is 15.1. The first-order chi connectivity index (χ1) is 22.0. The lowest BCUT2D eigenvalue weighted by atomic mass is 9.85. The molecule has 3 heterocycles. The SMILES string of the molecule is Cc1ccc(S(=O)(=O)N2CCCC(Nc3ncc4nc(Nc5c(F)cc(C#N)cc5F)n(C5CCC(C(N)=O)CC5)c4n3)C2)cc1. The van der Waals surface area contributed by atoms with Gasteiger partial charge in [-0.15, -0.1) is 0 Å². The first-order valence-corrected chi connectivity index (χ1v) is 16.5. The molecule has 2 aromatic heterocycles. The number of imidazole rings is 1. The molecular weight excluding hydrogens is 616 g/mol. The lowest BCUT2D eigenvalue weighted by Gasteiger charge is -2.32. The zero-order valence-corrected chi connectivity index (χ0v) is 25.9. The van der Waals surface area contributed by atoms with Gasteiger partial charge in [0.2, 0.25) is 27.8 Å². The number of sulfonamides is 1. The third kappa shape index (κ3) is 6.22. The monoisotopic (exact) mass is 649 g/mol. The molecule has 2 aliphatic rings. The minimum atomic E-state index is -3.69. The van der Waals surface area contributed by atoms with E-state index in [1.54, 1.807) is 34.9 Å². The maximum absolute atomic E-state index is 14.9. The Bertz CT molecular complexity index is 1910. The Balaban J connectivity index is 1.30. The van der Waals surface area contributed by atoms with E-state index in [4.69, 9.17) is 16.0 Å². The van der Waals surface area contributed by atoms with Gasteiger partial charge in [-0.2, -0.15) is 14.6 Å². The van der Waals surface area contributed by atoms with E-state index in [1.165, 1.54) is 10.5 Å². The number of fused-ring (bicyclic) bond motifs is 1. The summed E-state index contributed by atoms with van der Waals surface area (Å²) in [7, 11) is -3.69. The molecule has 2 aromatic carbocycles. The molecule has 1 amide bonds. The summed E-state index contributed by atoms with van der Waals surface area (Å²) in [6, 6.07) is 9.87. The smallest absolute Gasteiger partial charge is 0.243 e. The summed E-state index contributed by atoms with van der Waals surface area (Å²) in [4.78, 5) is 25.8. The van der Waals surface area contributed by atoms with Gasteiger partial charge >= 0.3 is 0 Å². The molecule has 12 nitrogen and oxygen atoms in total. The molecular formula is C31H33F2N9O3S. The summed E-state index contributed by atoms with van der Waals surface area (Å²) in [6.07, 6.45) is 4.99. The number of benzene rings is 2. The number of piperidine rings is 1. The number of anilines is 3. The van der Waals surface area contributed by atoms with Gasteiger partial charge in [-0.1, -0.05) is 17.7 Å². The molecule has 1 aliphatic heterocycles. The van der Waals surface area contributed by atoms with Gasteiger partial charge in [0.1, 0.15) is 11.2 Å². The van der Waals surface area contributed by atoms with Crippen LogP contribution in [0, 0.1) is 35.8 Å². The van der Waals surface area contributed by atoms with Gasteiger partial charge in [0, 0.05) is 31.1 Å². The van der Waals surface area contributed by atoms with Crippen LogP contribution in [0.25, 0.3) is 11.2 Å². The number of carbonyl (C=O) groups excluding carboxylic acids is 1. The second-order valence-corrected chi connectivity index (χ2v) is 13.8. The van der Waals surface area contributed by atoms with Crippen molar-refractivity contribution in [2.24, 2.45) is 11.7 Å². The quantitative estimate of drug-likeness (QED) is 0.248. The van der Waals surface area contributed by atoms with Crippen molar-refractivity contribution in [2.45, 2.75) is 62.4 Å². The minimum absolute atomic E-state index is 0.125. The second kappa shape index (κ2) is 12.6. The summed E-state index contributed by atoms with van der Waals surface area (Å²) in [5.41, 5.74) is 6.66. The van der Waals surface area contributed by atoms with E-state index in [0.717, 1.165) is 17.7 Å². The van der Waals surface area contributed by atoms with Crippen molar-refractivity contribution in [1.82, 2.24) is 23.8 Å². The number of primary amides is 1. The molecule has 1 saturated heterocycles. The Kier molecular flexibility index (Phi) is 8.58. The van der Waals surface area contributed by atoms with Gasteiger partial charge in [-0.25, -0.2) is 27.2 Å². The van der Waals surface area contributed by atoms with Crippen molar-refractivity contribution >= 4 is 44.7 Å². The Labute approximate surface area is 264 Å². The van der Waals surface area contributed by atoms with E-state index < -0.39 is 27.3 Å². The molecule has 1 atom stereocenters. The lowest BCUT2D eigenvalue weighted by Crippen LogP contribution is -2.45. The third-order valence-corrected chi connectivity index (χ3v) is 10.6. The van der Waals surface area contributed by atoms with Crippen LogP contribution >= 0.6 is 0 Å². The van der Waals surface area contributed by atoms with Crippen molar-refractivity contribution in [3.05, 3.63) is 65.4 Å². The van der Waals surface area contributed by atoms with Gasteiger partial charge < -0.3 is 16.4 Å². The van der Waals surface area contributed by atoms with Crippen molar-refractivity contribution < 1.29 is 22.0 Å². The second-order valence-electron chi connectivity index (χ2n) is 11.8. The molecule has 6 rings (SSSR count). The normalized spacial score (nSPS) is 20.7. The van der Waals surface area contributed by atoms with Crippen LogP contribution in [0.1, 0.15) is 55.7 Å². The lowest BCUT2D eigenvalue weighted by molar-refractivity contribution is -0.122. The zero-order valence-electron chi connectivity index (χ0n) is 25.1. The number of nitrogens with zero attached hydrogens (tertiary/aromatic N) is 6. The fraction of sp³-hybridized carbons (Fsp3) is 0.387. The van der Waals surface area contributed by atoms with Crippen molar-refractivity contribution in [1.29, 1.82) is 5.26 Å². The zero-order chi connectivity index (χ0) is 32.6. The first kappa shape index (κ1) is 31.3. The highest BCUT2D eigenvalue weighted by Gasteiger charge is 2.32. The maximum atomic E-state index is 14.9. The van der Waals surface area contributed by atoms with Gasteiger partial charge in [0.25, 0.3) is 0 Å². The standard InChI is InChI=1S/C31H33F2N9O3S/c1-18-4-10-23(11-5-18)46(44,45)41-12-2-3-21(17-41)37-30-36-16-26-29(40-30)42(22-8-6-20(7-9-22)28(35)43)31(38-26)39-27-24(32)13-19(15-34)14-25(27)33/h4-5,10-11,13-14,16,20-22H,2-3,6-9,12,17H2,1H3,(H2,35,43)(H,38,39)(H,36,37,40). The number of carbonyl (C=O) groups is 1. The molecule has 4 N–H and O–H groups in total. The largest absolute Gasteiger partial charge is 0.369 e. The Morgan fingerprint density at radius 2 is 1.76 bits per heavy atom. The van der Waals surface area contributed by atoms with Crippen LogP contribution in [-0.4, -0.2) is 57.3 Å². The summed E-state index contributed by atoms with van der Waals surface area (Å²) in [5.74, 6) is -2.17. The predicted molar refractivity (Wildman–Crippen MR) is 166 cm³/mol. The van der Waals surface area contributed by atoms with Gasteiger partial charge in [-0.3, -0.25) is 9.36 Å². The molecule has 1 saturated carbocycles. The van der Waals surface area contributed by atoms with Crippen LogP contribution in [0.5, 0.6) is 0 Å². The van der Waals surface area contributed by atoms with Gasteiger partial charge in [0.15, 0.2) is 17.3 Å².